The van der Waals surface area contributed by atoms with Crippen LogP contribution in [-0.2, 0) is 11.2 Å². The van der Waals surface area contributed by atoms with Gasteiger partial charge < -0.3 is 4.74 Å². The fourth-order valence-corrected chi connectivity index (χ4v) is 2.60. The van der Waals surface area contributed by atoms with E-state index in [4.69, 9.17) is 4.74 Å². The largest absolute Gasteiger partial charge is 0.493 e. The number of carbonyl (C=O) groups excluding carboxylic acids is 2. The van der Waals surface area contributed by atoms with Crippen LogP contribution in [-0.4, -0.2) is 18.2 Å². The van der Waals surface area contributed by atoms with E-state index in [1.165, 1.54) is 6.08 Å². The molecular formula is C20H21FO3. The highest BCUT2D eigenvalue weighted by atomic mass is 19.1. The van der Waals surface area contributed by atoms with E-state index in [1.54, 1.807) is 25.1 Å². The van der Waals surface area contributed by atoms with Crippen LogP contribution >= 0.6 is 0 Å². The van der Waals surface area contributed by atoms with Crippen LogP contribution < -0.4 is 4.74 Å². The van der Waals surface area contributed by atoms with E-state index in [0.717, 1.165) is 30.2 Å². The fourth-order valence-electron chi connectivity index (χ4n) is 2.60. The highest BCUT2D eigenvalue weighted by molar-refractivity contribution is 6.03. The zero-order valence-corrected chi connectivity index (χ0v) is 13.8. The van der Waals surface area contributed by atoms with Gasteiger partial charge in [0.05, 0.1) is 12.2 Å². The second-order valence-electron chi connectivity index (χ2n) is 5.59. The molecule has 0 radical (unpaired) electrons. The van der Waals surface area contributed by atoms with E-state index < -0.39 is 11.6 Å². The number of allylic oxidation sites excluding steroid dienone is 5. The Morgan fingerprint density at radius 2 is 2.12 bits per heavy atom. The Morgan fingerprint density at radius 3 is 2.83 bits per heavy atom. The van der Waals surface area contributed by atoms with Crippen molar-refractivity contribution in [2.45, 2.75) is 32.6 Å². The standard InChI is InChI=1S/C20H21FO3/c1-3-6-16(17(21)4-2)19(23)11-10-18(22)15-9-8-14-7-5-12-24-20(14)13-15/h3-4,6,8-9,13H,2,5,7,10-12H2,1H3. The molecule has 0 atom stereocenters. The zero-order chi connectivity index (χ0) is 17.5. The average molecular weight is 328 g/mol. The summed E-state index contributed by atoms with van der Waals surface area (Å²) < 4.78 is 19.2. The quantitative estimate of drug-likeness (QED) is 0.419. The monoisotopic (exact) mass is 328 g/mol. The Kier molecular flexibility index (Phi) is 6.24. The van der Waals surface area contributed by atoms with Gasteiger partial charge in [0.15, 0.2) is 11.6 Å². The van der Waals surface area contributed by atoms with Gasteiger partial charge in [-0.3, -0.25) is 9.59 Å². The number of carbonyl (C=O) groups is 2. The topological polar surface area (TPSA) is 43.4 Å². The summed E-state index contributed by atoms with van der Waals surface area (Å²) in [6, 6.07) is 5.38. The highest BCUT2D eigenvalue weighted by Gasteiger charge is 2.17. The molecule has 1 aliphatic rings. The van der Waals surface area contributed by atoms with Crippen molar-refractivity contribution < 1.29 is 18.7 Å². The van der Waals surface area contributed by atoms with E-state index in [0.29, 0.717) is 12.2 Å². The first-order valence-electron chi connectivity index (χ1n) is 8.04. The first kappa shape index (κ1) is 17.9. The molecule has 0 amide bonds. The molecule has 24 heavy (non-hydrogen) atoms. The van der Waals surface area contributed by atoms with E-state index >= 15 is 0 Å². The third-order valence-electron chi connectivity index (χ3n) is 3.89. The zero-order valence-electron chi connectivity index (χ0n) is 13.8. The molecular weight excluding hydrogens is 307 g/mol. The fraction of sp³-hybridized carbons (Fsp3) is 0.300. The van der Waals surface area contributed by atoms with Gasteiger partial charge in [0.25, 0.3) is 0 Å². The van der Waals surface area contributed by atoms with Gasteiger partial charge in [0, 0.05) is 18.4 Å². The lowest BCUT2D eigenvalue weighted by atomic mass is 9.98. The second-order valence-corrected chi connectivity index (χ2v) is 5.59. The maximum atomic E-state index is 13.7. The molecule has 0 saturated heterocycles. The van der Waals surface area contributed by atoms with Gasteiger partial charge in [0.2, 0.25) is 0 Å². The van der Waals surface area contributed by atoms with E-state index in [1.807, 2.05) is 6.07 Å². The molecule has 0 aromatic heterocycles. The number of hydrogen-bond donors (Lipinski definition) is 0. The molecule has 1 heterocycles. The number of rotatable bonds is 7. The number of ether oxygens (including phenoxy) is 1. The summed E-state index contributed by atoms with van der Waals surface area (Å²) in [5, 5.41) is 0. The van der Waals surface area contributed by atoms with E-state index in [9.17, 15) is 14.0 Å². The van der Waals surface area contributed by atoms with E-state index in [2.05, 4.69) is 6.58 Å². The number of fused-ring (bicyclic) bond motifs is 1. The first-order chi connectivity index (χ1) is 11.6. The van der Waals surface area contributed by atoms with Crippen molar-refractivity contribution in [3.05, 3.63) is 65.5 Å². The smallest absolute Gasteiger partial charge is 0.166 e. The molecule has 0 unspecified atom stereocenters. The molecule has 4 heteroatoms. The second kappa shape index (κ2) is 8.39. The average Bonchev–Trinajstić information content (AvgIpc) is 2.62. The number of Topliss-reactive ketones (excluding diaryl/α,β-unsaturated/α-hetero) is 2. The summed E-state index contributed by atoms with van der Waals surface area (Å²) in [7, 11) is 0. The van der Waals surface area contributed by atoms with Gasteiger partial charge in [-0.1, -0.05) is 30.9 Å². The van der Waals surface area contributed by atoms with Crippen molar-refractivity contribution >= 4 is 11.6 Å². The molecule has 1 aromatic carbocycles. The van der Waals surface area contributed by atoms with Crippen LogP contribution in [0.2, 0.25) is 0 Å². The third kappa shape index (κ3) is 4.28. The van der Waals surface area contributed by atoms with Crippen LogP contribution in [0.3, 0.4) is 0 Å². The summed E-state index contributed by atoms with van der Waals surface area (Å²) >= 11 is 0. The first-order valence-corrected chi connectivity index (χ1v) is 8.04. The maximum absolute atomic E-state index is 13.7. The molecule has 3 nitrogen and oxygen atoms in total. The molecule has 1 aromatic rings. The lowest BCUT2D eigenvalue weighted by Crippen LogP contribution is -2.11. The summed E-state index contributed by atoms with van der Waals surface area (Å²) in [6.07, 6.45) is 5.89. The Balaban J connectivity index is 2.05. The SMILES string of the molecule is C=CC(F)=C(C=CC)C(=O)CCC(=O)c1ccc2c(c1)OCCC2. The number of benzene rings is 1. The van der Waals surface area contributed by atoms with Gasteiger partial charge in [-0.2, -0.15) is 0 Å². The molecule has 0 spiro atoms. The Labute approximate surface area is 141 Å². The van der Waals surface area contributed by atoms with Crippen LogP contribution in [0.5, 0.6) is 5.75 Å². The van der Waals surface area contributed by atoms with Crippen molar-refractivity contribution in [1.29, 1.82) is 0 Å². The summed E-state index contributed by atoms with van der Waals surface area (Å²) in [4.78, 5) is 24.4. The number of hydrogen-bond acceptors (Lipinski definition) is 3. The van der Waals surface area contributed by atoms with E-state index in [-0.39, 0.29) is 24.2 Å². The van der Waals surface area contributed by atoms with Crippen LogP contribution in [0.4, 0.5) is 4.39 Å². The lowest BCUT2D eigenvalue weighted by molar-refractivity contribution is -0.115. The van der Waals surface area contributed by atoms with Crippen LogP contribution in [0.25, 0.3) is 0 Å². The van der Waals surface area contributed by atoms with Crippen molar-refractivity contribution in [3.8, 4) is 5.75 Å². The Bertz CT molecular complexity index is 714. The van der Waals surface area contributed by atoms with Gasteiger partial charge in [-0.15, -0.1) is 0 Å². The molecule has 126 valence electrons. The lowest BCUT2D eigenvalue weighted by Gasteiger charge is -2.17. The summed E-state index contributed by atoms with van der Waals surface area (Å²) in [5.41, 5.74) is 1.57. The maximum Gasteiger partial charge on any atom is 0.166 e. The van der Waals surface area contributed by atoms with Crippen LogP contribution in [0, 0.1) is 0 Å². The van der Waals surface area contributed by atoms with Crippen molar-refractivity contribution in [3.63, 3.8) is 0 Å². The van der Waals surface area contributed by atoms with Gasteiger partial charge in [-0.25, -0.2) is 4.39 Å². The Morgan fingerprint density at radius 1 is 1.33 bits per heavy atom. The molecule has 0 fully saturated rings. The minimum Gasteiger partial charge on any atom is -0.493 e. The van der Waals surface area contributed by atoms with Gasteiger partial charge in [-0.05, 0) is 37.5 Å². The van der Waals surface area contributed by atoms with Crippen LogP contribution in [0.15, 0.2) is 54.4 Å². The summed E-state index contributed by atoms with van der Waals surface area (Å²) in [6.45, 7) is 5.68. The predicted octanol–water partition coefficient (Wildman–Crippen LogP) is 4.53. The highest BCUT2D eigenvalue weighted by Crippen LogP contribution is 2.26. The number of aryl methyl sites for hydroxylation is 1. The van der Waals surface area contributed by atoms with Gasteiger partial charge >= 0.3 is 0 Å². The summed E-state index contributed by atoms with van der Waals surface area (Å²) in [5.74, 6) is -0.495. The molecule has 0 aliphatic carbocycles. The molecule has 0 bridgehead atoms. The van der Waals surface area contributed by atoms with Crippen LogP contribution in [0.1, 0.15) is 42.1 Å². The molecule has 2 rings (SSSR count). The number of ketones is 2. The minimum absolute atomic E-state index is 0.0309. The minimum atomic E-state index is -0.673. The van der Waals surface area contributed by atoms with Crippen molar-refractivity contribution in [2.75, 3.05) is 6.61 Å². The van der Waals surface area contributed by atoms with Crippen molar-refractivity contribution in [1.82, 2.24) is 0 Å². The predicted molar refractivity (Wildman–Crippen MR) is 92.0 cm³/mol. The Hall–Kier alpha value is -2.49. The molecule has 1 aliphatic heterocycles. The van der Waals surface area contributed by atoms with Gasteiger partial charge in [0.1, 0.15) is 11.6 Å². The molecule has 0 N–H and O–H groups in total. The van der Waals surface area contributed by atoms with Crippen molar-refractivity contribution in [2.24, 2.45) is 0 Å². The molecule has 0 saturated carbocycles. The normalized spacial score (nSPS) is 14.6. The number of halogens is 1. The third-order valence-corrected chi connectivity index (χ3v) is 3.89.